The van der Waals surface area contributed by atoms with Gasteiger partial charge in [0.2, 0.25) is 5.91 Å². The summed E-state index contributed by atoms with van der Waals surface area (Å²) in [6, 6.07) is 10.4. The Labute approximate surface area is 168 Å². The first-order valence-electron chi connectivity index (χ1n) is 9.23. The SMILES string of the molecule is CCOc1ccccc1NC(=O)C(C)N1C(=O)C(C)Oc2cc(C(=O)O)ccc21. The van der Waals surface area contributed by atoms with Gasteiger partial charge >= 0.3 is 5.97 Å². The van der Waals surface area contributed by atoms with E-state index in [1.54, 1.807) is 38.1 Å². The van der Waals surface area contributed by atoms with Crippen LogP contribution in [0.1, 0.15) is 31.1 Å². The molecule has 1 heterocycles. The zero-order valence-corrected chi connectivity index (χ0v) is 16.3. The van der Waals surface area contributed by atoms with Crippen molar-refractivity contribution < 1.29 is 29.0 Å². The van der Waals surface area contributed by atoms with Crippen LogP contribution in [-0.4, -0.2) is 41.6 Å². The predicted molar refractivity (Wildman–Crippen MR) is 107 cm³/mol. The maximum atomic E-state index is 12.9. The largest absolute Gasteiger partial charge is 0.492 e. The Morgan fingerprint density at radius 1 is 1.28 bits per heavy atom. The highest BCUT2D eigenvalue weighted by Gasteiger charge is 2.37. The summed E-state index contributed by atoms with van der Waals surface area (Å²) < 4.78 is 11.1. The number of fused-ring (bicyclic) bond motifs is 1. The van der Waals surface area contributed by atoms with Crippen LogP contribution in [0.2, 0.25) is 0 Å². The first-order valence-corrected chi connectivity index (χ1v) is 9.23. The first kappa shape index (κ1) is 20.2. The number of aromatic carboxylic acids is 1. The van der Waals surface area contributed by atoms with Crippen LogP contribution in [0.25, 0.3) is 0 Å². The number of carboxylic acids is 1. The van der Waals surface area contributed by atoms with Gasteiger partial charge in [-0.25, -0.2) is 4.79 Å². The maximum absolute atomic E-state index is 12.9. The van der Waals surface area contributed by atoms with Crippen LogP contribution in [-0.2, 0) is 9.59 Å². The summed E-state index contributed by atoms with van der Waals surface area (Å²) in [5.74, 6) is -1.13. The second-order valence-electron chi connectivity index (χ2n) is 6.55. The lowest BCUT2D eigenvalue weighted by atomic mass is 10.1. The van der Waals surface area contributed by atoms with Gasteiger partial charge < -0.3 is 19.9 Å². The van der Waals surface area contributed by atoms with E-state index < -0.39 is 24.0 Å². The van der Waals surface area contributed by atoms with E-state index in [0.29, 0.717) is 23.7 Å². The molecule has 2 N–H and O–H groups in total. The van der Waals surface area contributed by atoms with Crippen LogP contribution in [0.4, 0.5) is 11.4 Å². The fourth-order valence-corrected chi connectivity index (χ4v) is 3.10. The molecule has 8 nitrogen and oxygen atoms in total. The third-order valence-corrected chi connectivity index (χ3v) is 4.57. The summed E-state index contributed by atoms with van der Waals surface area (Å²) in [6.07, 6.45) is -0.850. The average Bonchev–Trinajstić information content (AvgIpc) is 2.69. The van der Waals surface area contributed by atoms with E-state index in [1.165, 1.54) is 23.1 Å². The van der Waals surface area contributed by atoms with E-state index in [0.717, 1.165) is 0 Å². The lowest BCUT2D eigenvalue weighted by molar-refractivity contribution is -0.128. The molecule has 2 atom stereocenters. The van der Waals surface area contributed by atoms with Gasteiger partial charge in [-0.2, -0.15) is 0 Å². The van der Waals surface area contributed by atoms with Gasteiger partial charge in [0.25, 0.3) is 5.91 Å². The molecular formula is C21H22N2O6. The van der Waals surface area contributed by atoms with Gasteiger partial charge in [-0.05, 0) is 51.1 Å². The van der Waals surface area contributed by atoms with E-state index in [2.05, 4.69) is 5.32 Å². The van der Waals surface area contributed by atoms with Gasteiger partial charge in [0.05, 0.1) is 23.5 Å². The minimum atomic E-state index is -1.11. The molecule has 0 bridgehead atoms. The molecule has 1 aliphatic heterocycles. The highest BCUT2D eigenvalue weighted by molar-refractivity contribution is 6.08. The number of nitrogens with one attached hydrogen (secondary N) is 1. The van der Waals surface area contributed by atoms with Crippen molar-refractivity contribution in [1.29, 1.82) is 0 Å². The Morgan fingerprint density at radius 3 is 2.69 bits per heavy atom. The van der Waals surface area contributed by atoms with Crippen molar-refractivity contribution in [3.63, 3.8) is 0 Å². The van der Waals surface area contributed by atoms with E-state index in [4.69, 9.17) is 9.47 Å². The molecule has 2 aromatic carbocycles. The van der Waals surface area contributed by atoms with Crippen molar-refractivity contribution >= 4 is 29.2 Å². The zero-order valence-electron chi connectivity index (χ0n) is 16.3. The lowest BCUT2D eigenvalue weighted by Crippen LogP contribution is -2.52. The number of carboxylic acid groups (broad SMARTS) is 1. The lowest BCUT2D eigenvalue weighted by Gasteiger charge is -2.36. The second-order valence-corrected chi connectivity index (χ2v) is 6.55. The molecule has 152 valence electrons. The molecule has 0 aliphatic carbocycles. The van der Waals surface area contributed by atoms with Gasteiger partial charge in [0.15, 0.2) is 6.10 Å². The van der Waals surface area contributed by atoms with Gasteiger partial charge in [0.1, 0.15) is 17.5 Å². The number of hydrogen-bond donors (Lipinski definition) is 2. The Morgan fingerprint density at radius 2 is 2.00 bits per heavy atom. The Hall–Kier alpha value is -3.55. The van der Waals surface area contributed by atoms with E-state index >= 15 is 0 Å². The average molecular weight is 398 g/mol. The molecule has 2 amide bonds. The number of anilines is 2. The second kappa shape index (κ2) is 8.22. The van der Waals surface area contributed by atoms with Crippen LogP contribution >= 0.6 is 0 Å². The first-order chi connectivity index (χ1) is 13.8. The molecule has 0 fully saturated rings. The molecule has 0 radical (unpaired) electrons. The maximum Gasteiger partial charge on any atom is 0.335 e. The van der Waals surface area contributed by atoms with Crippen LogP contribution < -0.4 is 19.7 Å². The summed E-state index contributed by atoms with van der Waals surface area (Å²) in [5.41, 5.74) is 0.883. The number of benzene rings is 2. The van der Waals surface area contributed by atoms with Crippen LogP contribution in [0.15, 0.2) is 42.5 Å². The van der Waals surface area contributed by atoms with Crippen molar-refractivity contribution in [2.75, 3.05) is 16.8 Å². The van der Waals surface area contributed by atoms with Crippen molar-refractivity contribution in [1.82, 2.24) is 0 Å². The van der Waals surface area contributed by atoms with Gasteiger partial charge in [-0.1, -0.05) is 12.1 Å². The number of amides is 2. The Bertz CT molecular complexity index is 958. The summed E-state index contributed by atoms with van der Waals surface area (Å²) >= 11 is 0. The highest BCUT2D eigenvalue weighted by atomic mass is 16.5. The summed E-state index contributed by atoms with van der Waals surface area (Å²) in [6.45, 7) is 5.45. The molecule has 0 spiro atoms. The fraction of sp³-hybridized carbons (Fsp3) is 0.286. The van der Waals surface area contributed by atoms with Gasteiger partial charge in [0, 0.05) is 0 Å². The monoisotopic (exact) mass is 398 g/mol. The summed E-state index contributed by atoms with van der Waals surface area (Å²) in [7, 11) is 0. The minimum Gasteiger partial charge on any atom is -0.492 e. The smallest absolute Gasteiger partial charge is 0.335 e. The minimum absolute atomic E-state index is 0.0352. The fourth-order valence-electron chi connectivity index (χ4n) is 3.10. The van der Waals surface area contributed by atoms with Crippen molar-refractivity contribution in [2.24, 2.45) is 0 Å². The number of carbonyl (C=O) groups is 3. The molecule has 1 aliphatic rings. The standard InChI is InChI=1S/C21H22N2O6/c1-4-28-17-8-6-5-7-15(17)22-19(24)12(2)23-16-10-9-14(21(26)27)11-18(16)29-13(3)20(23)25/h5-13H,4H2,1-3H3,(H,22,24)(H,26,27). The number of para-hydroxylation sites is 2. The molecule has 0 saturated carbocycles. The van der Waals surface area contributed by atoms with Crippen molar-refractivity contribution in [3.05, 3.63) is 48.0 Å². The Balaban J connectivity index is 1.90. The van der Waals surface area contributed by atoms with E-state index in [1.807, 2.05) is 6.92 Å². The van der Waals surface area contributed by atoms with Crippen LogP contribution in [0, 0.1) is 0 Å². The number of carbonyl (C=O) groups excluding carboxylic acids is 2. The van der Waals surface area contributed by atoms with Crippen molar-refractivity contribution in [2.45, 2.75) is 32.9 Å². The molecule has 29 heavy (non-hydrogen) atoms. The third kappa shape index (κ3) is 4.01. The molecule has 8 heteroatoms. The highest BCUT2D eigenvalue weighted by Crippen LogP contribution is 2.36. The molecular weight excluding hydrogens is 376 g/mol. The van der Waals surface area contributed by atoms with E-state index in [-0.39, 0.29) is 17.2 Å². The van der Waals surface area contributed by atoms with Gasteiger partial charge in [-0.3, -0.25) is 14.5 Å². The number of rotatable bonds is 6. The predicted octanol–water partition coefficient (Wildman–Crippen LogP) is 2.92. The summed E-state index contributed by atoms with van der Waals surface area (Å²) in [5, 5.41) is 12.0. The molecule has 0 aromatic heterocycles. The summed E-state index contributed by atoms with van der Waals surface area (Å²) in [4.78, 5) is 38.2. The quantitative estimate of drug-likeness (QED) is 0.775. The topological polar surface area (TPSA) is 105 Å². The number of hydrogen-bond acceptors (Lipinski definition) is 5. The zero-order chi connectivity index (χ0) is 21.1. The molecule has 2 aromatic rings. The molecule has 2 unspecified atom stereocenters. The normalized spacial score (nSPS) is 16.4. The number of nitrogens with zero attached hydrogens (tertiary/aromatic N) is 1. The number of ether oxygens (including phenoxy) is 2. The third-order valence-electron chi connectivity index (χ3n) is 4.57. The molecule has 3 rings (SSSR count). The van der Waals surface area contributed by atoms with Crippen LogP contribution in [0.5, 0.6) is 11.5 Å². The van der Waals surface area contributed by atoms with Gasteiger partial charge in [-0.15, -0.1) is 0 Å². The Kier molecular flexibility index (Phi) is 5.72. The van der Waals surface area contributed by atoms with Crippen LogP contribution in [0.3, 0.4) is 0 Å². The molecule has 0 saturated heterocycles. The van der Waals surface area contributed by atoms with Crippen molar-refractivity contribution in [3.8, 4) is 11.5 Å². The van der Waals surface area contributed by atoms with E-state index in [9.17, 15) is 19.5 Å².